The summed E-state index contributed by atoms with van der Waals surface area (Å²) in [6, 6.07) is 15.2. The Morgan fingerprint density at radius 3 is 2.27 bits per heavy atom. The summed E-state index contributed by atoms with van der Waals surface area (Å²) >= 11 is 0. The van der Waals surface area contributed by atoms with Gasteiger partial charge in [0.05, 0.1) is 19.1 Å². The predicted octanol–water partition coefficient (Wildman–Crippen LogP) is 5.62. The van der Waals surface area contributed by atoms with E-state index >= 15 is 0 Å². The van der Waals surface area contributed by atoms with Crippen molar-refractivity contribution in [2.45, 2.75) is 45.1 Å². The molecule has 1 saturated heterocycles. The molecule has 240 valence electrons. The minimum Gasteiger partial charge on any atom is -0.494 e. The summed E-state index contributed by atoms with van der Waals surface area (Å²) in [6.07, 6.45) is 1.86. The third kappa shape index (κ3) is 7.40. The van der Waals surface area contributed by atoms with E-state index in [1.54, 1.807) is 7.11 Å². The Balaban J connectivity index is 1.45. The molecule has 3 atom stereocenters. The number of carboxylic acids is 1. The van der Waals surface area contributed by atoms with E-state index in [0.29, 0.717) is 68.7 Å². The SMILES string of the molecule is CCc1cc(F)cc(CC)c1NC(=O)CN1C[C@H](c2ccc3c(c2)OCCO3)C(C(=O)O)[C@@H]1c1ccc(OCCCOC)cc1. The van der Waals surface area contributed by atoms with E-state index in [1.807, 2.05) is 61.2 Å². The van der Waals surface area contributed by atoms with Crippen molar-refractivity contribution in [3.8, 4) is 17.2 Å². The van der Waals surface area contributed by atoms with Crippen molar-refractivity contribution in [3.63, 3.8) is 0 Å². The molecule has 0 spiro atoms. The number of carbonyl (C=O) groups is 2. The number of benzene rings is 3. The van der Waals surface area contributed by atoms with Gasteiger partial charge in [0.25, 0.3) is 0 Å². The van der Waals surface area contributed by atoms with Crippen LogP contribution >= 0.6 is 0 Å². The van der Waals surface area contributed by atoms with Crippen LogP contribution in [-0.4, -0.2) is 68.5 Å². The first-order valence-electron chi connectivity index (χ1n) is 15.5. The lowest BCUT2D eigenvalue weighted by Gasteiger charge is -2.27. The van der Waals surface area contributed by atoms with Gasteiger partial charge in [-0.05, 0) is 71.5 Å². The summed E-state index contributed by atoms with van der Waals surface area (Å²) in [7, 11) is 1.64. The highest BCUT2D eigenvalue weighted by atomic mass is 19.1. The first kappa shape index (κ1) is 32.2. The number of carbonyl (C=O) groups excluding carboxylic acids is 1. The van der Waals surface area contributed by atoms with Gasteiger partial charge < -0.3 is 29.4 Å². The summed E-state index contributed by atoms with van der Waals surface area (Å²) in [6.45, 7) is 6.08. The zero-order valence-corrected chi connectivity index (χ0v) is 26.0. The molecule has 2 aliphatic rings. The molecule has 5 rings (SSSR count). The number of methoxy groups -OCH3 is 1. The number of nitrogens with zero attached hydrogens (tertiary/aromatic N) is 1. The van der Waals surface area contributed by atoms with Crippen molar-refractivity contribution >= 4 is 17.6 Å². The zero-order chi connectivity index (χ0) is 31.9. The molecule has 0 aliphatic carbocycles. The fourth-order valence-corrected chi connectivity index (χ4v) is 6.38. The van der Waals surface area contributed by atoms with E-state index in [9.17, 15) is 19.1 Å². The zero-order valence-electron chi connectivity index (χ0n) is 26.0. The molecule has 1 unspecified atom stereocenters. The third-order valence-electron chi connectivity index (χ3n) is 8.50. The van der Waals surface area contributed by atoms with Gasteiger partial charge in [-0.3, -0.25) is 14.5 Å². The van der Waals surface area contributed by atoms with Crippen LogP contribution in [0.2, 0.25) is 0 Å². The van der Waals surface area contributed by atoms with Crippen LogP contribution in [0.1, 0.15) is 54.5 Å². The first-order chi connectivity index (χ1) is 21.8. The van der Waals surface area contributed by atoms with Crippen LogP contribution in [0.15, 0.2) is 54.6 Å². The topological polar surface area (TPSA) is 107 Å². The number of amides is 1. The lowest BCUT2D eigenvalue weighted by Crippen LogP contribution is -2.35. The second-order valence-corrected chi connectivity index (χ2v) is 11.4. The van der Waals surface area contributed by atoms with Crippen molar-refractivity contribution in [2.75, 3.05) is 51.9 Å². The standard InChI is InChI=1S/C35H41FN2O7/c1-4-22-17-26(36)18-23(5-2)33(22)37-31(39)21-38-20-28(25-9-12-29-30(19-25)45-16-15-44-29)32(35(40)41)34(38)24-7-10-27(11-8-24)43-14-6-13-42-3/h7-12,17-19,28,32,34H,4-6,13-16,20-21H2,1-3H3,(H,37,39)(H,40,41)/t28-,32?,34+/m1/s1. The van der Waals surface area contributed by atoms with E-state index in [1.165, 1.54) is 12.1 Å². The Labute approximate surface area is 263 Å². The summed E-state index contributed by atoms with van der Waals surface area (Å²) < 4.78 is 36.6. The number of nitrogens with one attached hydrogen (secondary N) is 1. The van der Waals surface area contributed by atoms with E-state index < -0.39 is 23.8 Å². The number of anilines is 1. The van der Waals surface area contributed by atoms with Gasteiger partial charge in [0.1, 0.15) is 24.8 Å². The number of halogens is 1. The quantitative estimate of drug-likeness (QED) is 0.238. The van der Waals surface area contributed by atoms with Gasteiger partial charge >= 0.3 is 5.97 Å². The molecule has 0 bridgehead atoms. The van der Waals surface area contributed by atoms with Crippen LogP contribution in [0.4, 0.5) is 10.1 Å². The van der Waals surface area contributed by atoms with E-state index in [0.717, 1.165) is 28.7 Å². The van der Waals surface area contributed by atoms with Crippen LogP contribution in [0.25, 0.3) is 0 Å². The molecule has 1 amide bonds. The van der Waals surface area contributed by atoms with Crippen LogP contribution in [-0.2, 0) is 27.2 Å². The highest BCUT2D eigenvalue weighted by molar-refractivity contribution is 5.94. The molecule has 0 aromatic heterocycles. The number of hydrogen-bond acceptors (Lipinski definition) is 7. The lowest BCUT2D eigenvalue weighted by atomic mass is 9.82. The minimum absolute atomic E-state index is 0.0472. The number of hydrogen-bond donors (Lipinski definition) is 2. The molecule has 3 aromatic carbocycles. The molecule has 1 fully saturated rings. The van der Waals surface area contributed by atoms with Crippen LogP contribution in [0, 0.1) is 11.7 Å². The number of likely N-dealkylation sites (tertiary alicyclic amines) is 1. The van der Waals surface area contributed by atoms with Crippen molar-refractivity contribution in [3.05, 3.63) is 82.7 Å². The number of carboxylic acid groups (broad SMARTS) is 1. The average molecular weight is 621 g/mol. The molecular weight excluding hydrogens is 579 g/mol. The van der Waals surface area contributed by atoms with Crippen molar-refractivity contribution in [1.82, 2.24) is 4.90 Å². The Morgan fingerprint density at radius 2 is 1.62 bits per heavy atom. The highest BCUT2D eigenvalue weighted by Gasteiger charge is 2.48. The summed E-state index contributed by atoms with van der Waals surface area (Å²) in [5.41, 5.74) is 3.63. The van der Waals surface area contributed by atoms with Gasteiger partial charge in [-0.1, -0.05) is 32.0 Å². The maximum atomic E-state index is 14.2. The van der Waals surface area contributed by atoms with Gasteiger partial charge in [0, 0.05) is 44.3 Å². The Morgan fingerprint density at radius 1 is 0.956 bits per heavy atom. The van der Waals surface area contributed by atoms with Crippen LogP contribution in [0.5, 0.6) is 17.2 Å². The molecule has 2 N–H and O–H groups in total. The fraction of sp³-hybridized carbons (Fsp3) is 0.429. The maximum Gasteiger partial charge on any atom is 0.309 e. The molecular formula is C35H41FN2O7. The summed E-state index contributed by atoms with van der Waals surface area (Å²) in [4.78, 5) is 28.6. The summed E-state index contributed by atoms with van der Waals surface area (Å²) in [5.74, 6) is -0.977. The first-order valence-corrected chi connectivity index (χ1v) is 15.5. The largest absolute Gasteiger partial charge is 0.494 e. The monoisotopic (exact) mass is 620 g/mol. The van der Waals surface area contributed by atoms with E-state index in [-0.39, 0.29) is 18.3 Å². The summed E-state index contributed by atoms with van der Waals surface area (Å²) in [5, 5.41) is 13.7. The highest BCUT2D eigenvalue weighted by Crippen LogP contribution is 2.47. The van der Waals surface area contributed by atoms with Crippen molar-refractivity contribution < 1.29 is 38.0 Å². The number of ether oxygens (including phenoxy) is 4. The van der Waals surface area contributed by atoms with E-state index in [2.05, 4.69) is 5.32 Å². The van der Waals surface area contributed by atoms with Crippen molar-refractivity contribution in [1.29, 1.82) is 0 Å². The van der Waals surface area contributed by atoms with Gasteiger partial charge in [-0.25, -0.2) is 4.39 Å². The van der Waals surface area contributed by atoms with Gasteiger partial charge in [0.15, 0.2) is 11.5 Å². The van der Waals surface area contributed by atoms with Gasteiger partial charge in [-0.15, -0.1) is 0 Å². The number of rotatable bonds is 13. The van der Waals surface area contributed by atoms with Gasteiger partial charge in [-0.2, -0.15) is 0 Å². The maximum absolute atomic E-state index is 14.2. The second kappa shape index (κ2) is 14.8. The van der Waals surface area contributed by atoms with Crippen LogP contribution in [0.3, 0.4) is 0 Å². The molecule has 10 heteroatoms. The van der Waals surface area contributed by atoms with Gasteiger partial charge in [0.2, 0.25) is 5.91 Å². The number of aliphatic carboxylic acids is 1. The predicted molar refractivity (Wildman–Crippen MR) is 168 cm³/mol. The molecule has 3 aromatic rings. The molecule has 0 saturated carbocycles. The second-order valence-electron chi connectivity index (χ2n) is 11.4. The number of fused-ring (bicyclic) bond motifs is 1. The third-order valence-corrected chi connectivity index (χ3v) is 8.50. The minimum atomic E-state index is -0.956. The molecule has 0 radical (unpaired) electrons. The Bertz CT molecular complexity index is 1470. The Kier molecular flexibility index (Phi) is 10.6. The number of aryl methyl sites for hydroxylation is 2. The molecule has 9 nitrogen and oxygen atoms in total. The lowest BCUT2D eigenvalue weighted by molar-refractivity contribution is -0.143. The molecule has 2 heterocycles. The van der Waals surface area contributed by atoms with E-state index in [4.69, 9.17) is 18.9 Å². The average Bonchev–Trinajstić information content (AvgIpc) is 3.42. The fourth-order valence-electron chi connectivity index (χ4n) is 6.38. The van der Waals surface area contributed by atoms with Crippen LogP contribution < -0.4 is 19.5 Å². The normalized spacial score (nSPS) is 19.3. The van der Waals surface area contributed by atoms with Crippen molar-refractivity contribution in [2.24, 2.45) is 5.92 Å². The molecule has 45 heavy (non-hydrogen) atoms. The molecule has 2 aliphatic heterocycles. The Hall–Kier alpha value is -4.15. The smallest absolute Gasteiger partial charge is 0.309 e.